The molecule has 3 aliphatic rings. The molecule has 1 aromatic rings. The quantitative estimate of drug-likeness (QED) is 0.778. The molecular formula is C20H36N6O. The number of hydrogen-bond donors (Lipinski definition) is 0. The first kappa shape index (κ1) is 19.3. The SMILES string of the molecule is CCC1CN(Cc2cn(C3CCN(C4CCN(C)CC4)CC3)nn2)CCO1. The molecule has 0 saturated carbocycles. The van der Waals surface area contributed by atoms with Gasteiger partial charge in [0.15, 0.2) is 0 Å². The fraction of sp³-hybridized carbons (Fsp3) is 0.900. The molecule has 0 spiro atoms. The van der Waals surface area contributed by atoms with Crippen LogP contribution in [0, 0.1) is 0 Å². The Morgan fingerprint density at radius 2 is 1.78 bits per heavy atom. The largest absolute Gasteiger partial charge is 0.376 e. The van der Waals surface area contributed by atoms with Crippen LogP contribution in [0.1, 0.15) is 50.8 Å². The molecule has 0 aromatic carbocycles. The highest BCUT2D eigenvalue weighted by molar-refractivity contribution is 4.95. The van der Waals surface area contributed by atoms with Crippen molar-refractivity contribution >= 4 is 0 Å². The minimum atomic E-state index is 0.373. The van der Waals surface area contributed by atoms with Gasteiger partial charge in [0.1, 0.15) is 0 Å². The predicted molar refractivity (Wildman–Crippen MR) is 106 cm³/mol. The Kier molecular flexibility index (Phi) is 6.42. The average Bonchev–Trinajstić information content (AvgIpc) is 3.17. The van der Waals surface area contributed by atoms with Crippen molar-refractivity contribution in [2.45, 2.75) is 63.8 Å². The fourth-order valence-corrected chi connectivity index (χ4v) is 4.84. The van der Waals surface area contributed by atoms with E-state index in [9.17, 15) is 0 Å². The van der Waals surface area contributed by atoms with Crippen molar-refractivity contribution in [1.82, 2.24) is 29.7 Å². The molecule has 7 nitrogen and oxygen atoms in total. The maximum Gasteiger partial charge on any atom is 0.0967 e. The van der Waals surface area contributed by atoms with Crippen molar-refractivity contribution in [3.8, 4) is 0 Å². The molecule has 3 aliphatic heterocycles. The topological polar surface area (TPSA) is 49.7 Å². The van der Waals surface area contributed by atoms with E-state index in [2.05, 4.69) is 49.9 Å². The van der Waals surface area contributed by atoms with Gasteiger partial charge in [-0.1, -0.05) is 12.1 Å². The second kappa shape index (κ2) is 8.99. The summed E-state index contributed by atoms with van der Waals surface area (Å²) >= 11 is 0. The Morgan fingerprint density at radius 1 is 1.04 bits per heavy atom. The number of nitrogens with zero attached hydrogens (tertiary/aromatic N) is 6. The summed E-state index contributed by atoms with van der Waals surface area (Å²) in [5.74, 6) is 0. The lowest BCUT2D eigenvalue weighted by molar-refractivity contribution is -0.0328. The Bertz CT molecular complexity index is 577. The lowest BCUT2D eigenvalue weighted by Gasteiger charge is -2.41. The van der Waals surface area contributed by atoms with Crippen molar-refractivity contribution in [3.05, 3.63) is 11.9 Å². The summed E-state index contributed by atoms with van der Waals surface area (Å²) in [6, 6.07) is 1.31. The highest BCUT2D eigenvalue weighted by atomic mass is 16.5. The van der Waals surface area contributed by atoms with E-state index in [1.54, 1.807) is 0 Å². The standard InChI is InChI=1S/C20H36N6O/c1-3-20-16-24(12-13-27-20)14-17-15-26(22-21-17)19-6-10-25(11-7-19)18-4-8-23(2)9-5-18/h15,18-20H,3-14,16H2,1-2H3. The highest BCUT2D eigenvalue weighted by Crippen LogP contribution is 2.26. The van der Waals surface area contributed by atoms with Crippen LogP contribution in [0.3, 0.4) is 0 Å². The van der Waals surface area contributed by atoms with E-state index in [0.29, 0.717) is 12.1 Å². The second-order valence-electron chi connectivity index (χ2n) is 8.63. The Labute approximate surface area is 163 Å². The average molecular weight is 377 g/mol. The number of piperidine rings is 2. The first-order valence-electron chi connectivity index (χ1n) is 10.9. The fourth-order valence-electron chi connectivity index (χ4n) is 4.84. The van der Waals surface area contributed by atoms with Crippen molar-refractivity contribution in [1.29, 1.82) is 0 Å². The third-order valence-electron chi connectivity index (χ3n) is 6.70. The molecule has 3 saturated heterocycles. The van der Waals surface area contributed by atoms with E-state index in [-0.39, 0.29) is 0 Å². The van der Waals surface area contributed by atoms with Crippen molar-refractivity contribution < 1.29 is 4.74 Å². The summed E-state index contributed by atoms with van der Waals surface area (Å²) < 4.78 is 7.91. The number of rotatable bonds is 5. The van der Waals surface area contributed by atoms with Gasteiger partial charge < -0.3 is 14.5 Å². The van der Waals surface area contributed by atoms with Crippen molar-refractivity contribution in [2.75, 3.05) is 52.9 Å². The van der Waals surface area contributed by atoms with Crippen LogP contribution in [0.15, 0.2) is 6.20 Å². The number of ether oxygens (including phenoxy) is 1. The smallest absolute Gasteiger partial charge is 0.0967 e. The van der Waals surface area contributed by atoms with Gasteiger partial charge in [0.2, 0.25) is 0 Å². The van der Waals surface area contributed by atoms with Crippen LogP contribution in [0.25, 0.3) is 0 Å². The molecule has 1 atom stereocenters. The van der Waals surface area contributed by atoms with Crippen LogP contribution < -0.4 is 0 Å². The second-order valence-corrected chi connectivity index (χ2v) is 8.63. The molecule has 0 bridgehead atoms. The molecule has 7 heteroatoms. The molecule has 3 fully saturated rings. The van der Waals surface area contributed by atoms with Gasteiger partial charge in [-0.25, -0.2) is 4.68 Å². The van der Waals surface area contributed by atoms with E-state index in [1.165, 1.54) is 51.9 Å². The lowest BCUT2D eigenvalue weighted by atomic mass is 9.98. The van der Waals surface area contributed by atoms with Gasteiger partial charge in [-0.15, -0.1) is 5.10 Å². The molecule has 4 heterocycles. The molecule has 0 amide bonds. The zero-order chi connectivity index (χ0) is 18.6. The summed E-state index contributed by atoms with van der Waals surface area (Å²) in [4.78, 5) is 7.63. The molecule has 0 N–H and O–H groups in total. The van der Waals surface area contributed by atoms with E-state index in [0.717, 1.165) is 44.4 Å². The first-order chi connectivity index (χ1) is 13.2. The molecule has 1 aromatic heterocycles. The summed E-state index contributed by atoms with van der Waals surface area (Å²) in [7, 11) is 2.24. The third-order valence-corrected chi connectivity index (χ3v) is 6.70. The minimum Gasteiger partial charge on any atom is -0.376 e. The Balaban J connectivity index is 1.26. The molecule has 1 unspecified atom stereocenters. The monoisotopic (exact) mass is 376 g/mol. The van der Waals surface area contributed by atoms with E-state index >= 15 is 0 Å². The van der Waals surface area contributed by atoms with Crippen LogP contribution in [-0.2, 0) is 11.3 Å². The van der Waals surface area contributed by atoms with Gasteiger partial charge in [0, 0.05) is 38.8 Å². The molecule has 27 heavy (non-hydrogen) atoms. The molecular weight excluding hydrogens is 340 g/mol. The highest BCUT2D eigenvalue weighted by Gasteiger charge is 2.28. The van der Waals surface area contributed by atoms with Gasteiger partial charge in [-0.3, -0.25) is 4.90 Å². The predicted octanol–water partition coefficient (Wildman–Crippen LogP) is 1.62. The normalized spacial score (nSPS) is 28.0. The molecule has 4 rings (SSSR count). The summed E-state index contributed by atoms with van der Waals surface area (Å²) in [5, 5.41) is 8.94. The van der Waals surface area contributed by atoms with Gasteiger partial charge >= 0.3 is 0 Å². The first-order valence-corrected chi connectivity index (χ1v) is 10.9. The van der Waals surface area contributed by atoms with E-state index < -0.39 is 0 Å². The number of hydrogen-bond acceptors (Lipinski definition) is 6. The molecule has 0 radical (unpaired) electrons. The summed E-state index contributed by atoms with van der Waals surface area (Å²) in [5.41, 5.74) is 1.10. The number of aromatic nitrogens is 3. The Hall–Kier alpha value is -1.02. The van der Waals surface area contributed by atoms with Gasteiger partial charge in [0.05, 0.1) is 30.6 Å². The number of likely N-dealkylation sites (tertiary alicyclic amines) is 2. The molecule has 0 aliphatic carbocycles. The van der Waals surface area contributed by atoms with Crippen molar-refractivity contribution in [3.63, 3.8) is 0 Å². The zero-order valence-corrected chi connectivity index (χ0v) is 17.1. The maximum absolute atomic E-state index is 5.77. The van der Waals surface area contributed by atoms with Crippen LogP contribution in [0.4, 0.5) is 0 Å². The Morgan fingerprint density at radius 3 is 2.52 bits per heavy atom. The van der Waals surface area contributed by atoms with Crippen LogP contribution >= 0.6 is 0 Å². The number of morpholine rings is 1. The summed E-state index contributed by atoms with van der Waals surface area (Å²) in [6.07, 6.45) is 8.69. The summed E-state index contributed by atoms with van der Waals surface area (Å²) in [6.45, 7) is 10.8. The molecule has 152 valence electrons. The van der Waals surface area contributed by atoms with E-state index in [1.807, 2.05) is 0 Å². The van der Waals surface area contributed by atoms with E-state index in [4.69, 9.17) is 4.74 Å². The van der Waals surface area contributed by atoms with Crippen LogP contribution in [0.2, 0.25) is 0 Å². The third kappa shape index (κ3) is 4.88. The minimum absolute atomic E-state index is 0.373. The van der Waals surface area contributed by atoms with Gasteiger partial charge in [-0.05, 0) is 52.2 Å². The van der Waals surface area contributed by atoms with Gasteiger partial charge in [-0.2, -0.15) is 0 Å². The van der Waals surface area contributed by atoms with Crippen LogP contribution in [-0.4, -0.2) is 94.8 Å². The zero-order valence-electron chi connectivity index (χ0n) is 17.1. The van der Waals surface area contributed by atoms with Gasteiger partial charge in [0.25, 0.3) is 0 Å². The lowest BCUT2D eigenvalue weighted by Crippen LogP contribution is -2.47. The maximum atomic E-state index is 5.77. The van der Waals surface area contributed by atoms with Crippen LogP contribution in [0.5, 0.6) is 0 Å². The van der Waals surface area contributed by atoms with Crippen molar-refractivity contribution in [2.24, 2.45) is 0 Å².